The van der Waals surface area contributed by atoms with Crippen molar-refractivity contribution in [3.8, 4) is 17.5 Å². The van der Waals surface area contributed by atoms with Gasteiger partial charge >= 0.3 is 6.03 Å². The van der Waals surface area contributed by atoms with Crippen LogP contribution in [0.5, 0.6) is 0 Å². The summed E-state index contributed by atoms with van der Waals surface area (Å²) in [5, 5.41) is 22.6. The molecule has 1 aromatic carbocycles. The largest absolute Gasteiger partial charge is 0.341 e. The molecule has 0 spiro atoms. The first kappa shape index (κ1) is 23.3. The highest BCUT2D eigenvalue weighted by Gasteiger charge is 2.34. The second-order valence-corrected chi connectivity index (χ2v) is 8.55. The maximum absolute atomic E-state index is 14.5. The van der Waals surface area contributed by atoms with Crippen molar-refractivity contribution in [1.82, 2.24) is 34.9 Å². The van der Waals surface area contributed by atoms with Crippen LogP contribution in [0, 0.1) is 29.9 Å². The fourth-order valence-corrected chi connectivity index (χ4v) is 4.45. The molecule has 0 bridgehead atoms. The summed E-state index contributed by atoms with van der Waals surface area (Å²) in [6.07, 6.45) is 3.16. The number of amides is 2. The van der Waals surface area contributed by atoms with Gasteiger partial charge in [-0.15, -0.1) is 5.10 Å². The van der Waals surface area contributed by atoms with E-state index in [2.05, 4.69) is 25.4 Å². The van der Waals surface area contributed by atoms with Crippen molar-refractivity contribution < 1.29 is 13.6 Å². The van der Waals surface area contributed by atoms with Gasteiger partial charge in [-0.2, -0.15) is 10.4 Å². The van der Waals surface area contributed by atoms with E-state index in [0.29, 0.717) is 55.5 Å². The highest BCUT2D eigenvalue weighted by atomic mass is 19.1. The van der Waals surface area contributed by atoms with Crippen LogP contribution in [0.4, 0.5) is 19.5 Å². The van der Waals surface area contributed by atoms with Gasteiger partial charge in [-0.1, -0.05) is 5.21 Å². The van der Waals surface area contributed by atoms with Crippen LogP contribution in [0.2, 0.25) is 0 Å². The normalized spacial score (nSPS) is 17.5. The smallest absolute Gasteiger partial charge is 0.337 e. The Kier molecular flexibility index (Phi) is 6.01. The SMILES string of the molecule is Cc1nnn(C)c1-c1nc(N2CCN(C(=O)N3N=CCC3c3cc(F)cc(C#N)c3)CC2)ncc1F. The maximum Gasteiger partial charge on any atom is 0.341 e. The third-order valence-electron chi connectivity index (χ3n) is 6.24. The molecule has 2 aliphatic heterocycles. The number of hydrogen-bond acceptors (Lipinski definition) is 8. The van der Waals surface area contributed by atoms with E-state index in [-0.39, 0.29) is 17.3 Å². The van der Waals surface area contributed by atoms with Gasteiger partial charge in [-0.25, -0.2) is 33.2 Å². The lowest BCUT2D eigenvalue weighted by molar-refractivity contribution is 0.139. The lowest BCUT2D eigenvalue weighted by Gasteiger charge is -2.37. The lowest BCUT2D eigenvalue weighted by atomic mass is 10.0. The second kappa shape index (κ2) is 9.29. The molecule has 0 N–H and O–H groups in total. The van der Waals surface area contributed by atoms with E-state index < -0.39 is 17.7 Å². The Morgan fingerprint density at radius 3 is 2.64 bits per heavy atom. The Bertz CT molecular complexity index is 1370. The number of rotatable bonds is 3. The van der Waals surface area contributed by atoms with Crippen LogP contribution in [-0.4, -0.2) is 73.3 Å². The van der Waals surface area contributed by atoms with Crippen LogP contribution in [-0.2, 0) is 7.05 Å². The summed E-state index contributed by atoms with van der Waals surface area (Å²) in [6.45, 7) is 3.33. The molecular formula is C23H22F2N10O. The van der Waals surface area contributed by atoms with Gasteiger partial charge < -0.3 is 9.80 Å². The zero-order valence-corrected chi connectivity index (χ0v) is 19.6. The summed E-state index contributed by atoms with van der Waals surface area (Å²) in [6, 6.07) is 5.18. The number of nitriles is 1. The molecule has 36 heavy (non-hydrogen) atoms. The van der Waals surface area contributed by atoms with Crippen molar-refractivity contribution in [1.29, 1.82) is 5.26 Å². The van der Waals surface area contributed by atoms with Gasteiger partial charge in [0.15, 0.2) is 5.82 Å². The van der Waals surface area contributed by atoms with Crippen LogP contribution in [0.3, 0.4) is 0 Å². The molecule has 13 heteroatoms. The molecule has 184 valence electrons. The maximum atomic E-state index is 14.5. The van der Waals surface area contributed by atoms with Gasteiger partial charge in [0.2, 0.25) is 5.95 Å². The van der Waals surface area contributed by atoms with E-state index in [0.717, 1.165) is 12.3 Å². The van der Waals surface area contributed by atoms with Gasteiger partial charge in [-0.3, -0.25) is 0 Å². The number of halogens is 2. The zero-order chi connectivity index (χ0) is 25.4. The van der Waals surface area contributed by atoms with Crippen molar-refractivity contribution in [2.24, 2.45) is 12.1 Å². The number of aryl methyl sites for hydroxylation is 2. The lowest BCUT2D eigenvalue weighted by Crippen LogP contribution is -2.52. The number of aromatic nitrogens is 5. The molecule has 0 radical (unpaired) electrons. The average molecular weight is 492 g/mol. The van der Waals surface area contributed by atoms with E-state index in [4.69, 9.17) is 5.26 Å². The van der Waals surface area contributed by atoms with Crippen molar-refractivity contribution in [2.75, 3.05) is 31.1 Å². The third kappa shape index (κ3) is 4.21. The van der Waals surface area contributed by atoms with E-state index in [1.54, 1.807) is 31.2 Å². The molecule has 1 fully saturated rings. The summed E-state index contributed by atoms with van der Waals surface area (Å²) in [7, 11) is 1.67. The van der Waals surface area contributed by atoms with Gasteiger partial charge in [0.05, 0.1) is 29.6 Å². The van der Waals surface area contributed by atoms with Crippen molar-refractivity contribution in [3.05, 3.63) is 52.9 Å². The fraction of sp³-hybridized carbons (Fsp3) is 0.348. The van der Waals surface area contributed by atoms with Crippen molar-refractivity contribution in [3.63, 3.8) is 0 Å². The number of carbonyl (C=O) groups is 1. The number of hydrazone groups is 1. The standard InChI is InChI=1S/C23H22F2N10O/c1-14-21(32(2)31-30-14)20-18(25)13-27-22(29-20)33-5-7-34(8-6-33)23(36)35-19(3-4-28-35)16-9-15(12-26)10-17(24)11-16/h4,9-11,13,19H,3,5-8H2,1-2H3. The summed E-state index contributed by atoms with van der Waals surface area (Å²) in [5.41, 5.74) is 1.85. The van der Waals surface area contributed by atoms with Crippen LogP contribution < -0.4 is 4.90 Å². The van der Waals surface area contributed by atoms with E-state index in [1.807, 2.05) is 11.0 Å². The van der Waals surface area contributed by atoms with E-state index >= 15 is 0 Å². The van der Waals surface area contributed by atoms with E-state index in [1.165, 1.54) is 15.8 Å². The molecule has 2 aromatic heterocycles. The Morgan fingerprint density at radius 1 is 1.17 bits per heavy atom. The number of carbonyl (C=O) groups excluding carboxylic acids is 1. The Labute approximate surface area is 205 Å². The predicted octanol–water partition coefficient (Wildman–Crippen LogP) is 2.41. The summed E-state index contributed by atoms with van der Waals surface area (Å²) >= 11 is 0. The molecule has 11 nitrogen and oxygen atoms in total. The summed E-state index contributed by atoms with van der Waals surface area (Å²) in [5.74, 6) is -0.761. The number of urea groups is 1. The predicted molar refractivity (Wildman–Crippen MR) is 125 cm³/mol. The Morgan fingerprint density at radius 2 is 1.94 bits per heavy atom. The zero-order valence-electron chi connectivity index (χ0n) is 19.6. The second-order valence-electron chi connectivity index (χ2n) is 8.55. The number of piperazine rings is 1. The van der Waals surface area contributed by atoms with Crippen LogP contribution in [0.1, 0.15) is 29.3 Å². The highest BCUT2D eigenvalue weighted by molar-refractivity contribution is 5.79. The fourth-order valence-electron chi connectivity index (χ4n) is 4.45. The number of benzene rings is 1. The van der Waals surface area contributed by atoms with Gasteiger partial charge in [0, 0.05) is 45.9 Å². The molecule has 1 saturated heterocycles. The quantitative estimate of drug-likeness (QED) is 0.551. The van der Waals surface area contributed by atoms with Crippen LogP contribution >= 0.6 is 0 Å². The molecule has 0 saturated carbocycles. The topological polar surface area (TPSA) is 119 Å². The monoisotopic (exact) mass is 492 g/mol. The molecular weight excluding hydrogens is 470 g/mol. The van der Waals surface area contributed by atoms with Gasteiger partial charge in [0.1, 0.15) is 17.2 Å². The molecule has 2 aliphatic rings. The Hall–Kier alpha value is -4.47. The molecule has 1 unspecified atom stereocenters. The third-order valence-corrected chi connectivity index (χ3v) is 6.24. The van der Waals surface area contributed by atoms with E-state index in [9.17, 15) is 13.6 Å². The van der Waals surface area contributed by atoms with Crippen molar-refractivity contribution in [2.45, 2.75) is 19.4 Å². The minimum Gasteiger partial charge on any atom is -0.337 e. The van der Waals surface area contributed by atoms with Gasteiger partial charge in [0.25, 0.3) is 0 Å². The van der Waals surface area contributed by atoms with Crippen molar-refractivity contribution >= 4 is 18.2 Å². The number of anilines is 1. The first-order valence-corrected chi connectivity index (χ1v) is 11.3. The number of nitrogens with zero attached hydrogens (tertiary/aromatic N) is 10. The molecule has 3 aromatic rings. The minimum absolute atomic E-state index is 0.115. The summed E-state index contributed by atoms with van der Waals surface area (Å²) in [4.78, 5) is 25.4. The molecule has 0 aliphatic carbocycles. The summed E-state index contributed by atoms with van der Waals surface area (Å²) < 4.78 is 30.0. The van der Waals surface area contributed by atoms with Gasteiger partial charge in [-0.05, 0) is 30.7 Å². The highest BCUT2D eigenvalue weighted by Crippen LogP contribution is 2.31. The minimum atomic E-state index is -0.573. The van der Waals surface area contributed by atoms with Crippen LogP contribution in [0.25, 0.3) is 11.4 Å². The van der Waals surface area contributed by atoms with Crippen LogP contribution in [0.15, 0.2) is 29.5 Å². The first-order valence-electron chi connectivity index (χ1n) is 11.3. The first-order chi connectivity index (χ1) is 17.4. The molecule has 2 amide bonds. The molecule has 4 heterocycles. The number of hydrogen-bond donors (Lipinski definition) is 0. The average Bonchev–Trinajstić information content (AvgIpc) is 3.50. The molecule has 1 atom stereocenters. The molecule has 5 rings (SSSR count). The Balaban J connectivity index is 1.29.